The Balaban J connectivity index is 1.44. The molecule has 0 bridgehead atoms. The van der Waals surface area contributed by atoms with Crippen LogP contribution in [0.15, 0.2) is 48.5 Å². The molecule has 0 fully saturated rings. The second kappa shape index (κ2) is 16.1. The van der Waals surface area contributed by atoms with Gasteiger partial charge in [0.1, 0.15) is 18.5 Å². The maximum absolute atomic E-state index is 13.2. The van der Waals surface area contributed by atoms with Gasteiger partial charge in [-0.1, -0.05) is 73.5 Å². The van der Waals surface area contributed by atoms with Gasteiger partial charge in [0.05, 0.1) is 6.61 Å². The number of aromatic amines is 1. The number of nitrogens with zero attached hydrogens (tertiary/aromatic N) is 7. The van der Waals surface area contributed by atoms with E-state index in [1.54, 1.807) is 4.57 Å². The van der Waals surface area contributed by atoms with E-state index in [0.717, 1.165) is 35.1 Å². The van der Waals surface area contributed by atoms with Gasteiger partial charge in [-0.15, -0.1) is 30.4 Å². The molecule has 0 radical (unpaired) electrons. The van der Waals surface area contributed by atoms with Crippen molar-refractivity contribution < 1.29 is 29.4 Å². The molecule has 0 aliphatic rings. The van der Waals surface area contributed by atoms with Crippen molar-refractivity contribution in [3.8, 4) is 22.5 Å². The number of carbonyl (C=O) groups excluding carboxylic acids is 1. The van der Waals surface area contributed by atoms with Crippen LogP contribution in [0.2, 0.25) is 5.15 Å². The van der Waals surface area contributed by atoms with Gasteiger partial charge in [0.15, 0.2) is 10.8 Å². The highest BCUT2D eigenvalue weighted by Gasteiger charge is 2.24. The van der Waals surface area contributed by atoms with Crippen LogP contribution in [0.25, 0.3) is 22.5 Å². The van der Waals surface area contributed by atoms with Crippen LogP contribution >= 0.6 is 11.6 Å². The molecule has 0 amide bonds. The average molecular weight is 643 g/mol. The van der Waals surface area contributed by atoms with Gasteiger partial charge < -0.3 is 19.0 Å². The van der Waals surface area contributed by atoms with Crippen LogP contribution in [0, 0.1) is 20.2 Å². The number of hydrogen-bond acceptors (Lipinski definition) is 12. The minimum atomic E-state index is -1.13. The summed E-state index contributed by atoms with van der Waals surface area (Å²) in [6.07, 6.45) is 1.99. The number of tetrazole rings is 1. The molecule has 0 aliphatic heterocycles. The molecule has 238 valence electrons. The number of carbonyl (C=O) groups is 1. The zero-order valence-electron chi connectivity index (χ0n) is 24.3. The summed E-state index contributed by atoms with van der Waals surface area (Å²) in [5.41, 5.74) is 3.75. The van der Waals surface area contributed by atoms with Crippen molar-refractivity contribution in [3.05, 3.63) is 91.0 Å². The number of esters is 1. The molecule has 0 aliphatic carbocycles. The lowest BCUT2D eigenvalue weighted by molar-refractivity contribution is -0.790. The molecule has 0 saturated carbocycles. The summed E-state index contributed by atoms with van der Waals surface area (Å²) in [4.78, 5) is 47.3. The quantitative estimate of drug-likeness (QED) is 0.0667. The smallest absolute Gasteiger partial charge is 0.358 e. The second-order valence-electron chi connectivity index (χ2n) is 9.94. The highest BCUT2D eigenvalue weighted by molar-refractivity contribution is 6.32. The van der Waals surface area contributed by atoms with Crippen molar-refractivity contribution in [2.45, 2.75) is 58.1 Å². The van der Waals surface area contributed by atoms with Crippen molar-refractivity contribution >= 4 is 17.6 Å². The third-order valence-electron chi connectivity index (χ3n) is 6.82. The van der Waals surface area contributed by atoms with Crippen molar-refractivity contribution in [1.82, 2.24) is 30.2 Å². The summed E-state index contributed by atoms with van der Waals surface area (Å²) >= 11 is 6.45. The molecule has 0 saturated heterocycles. The number of rotatable bonds is 18. The summed E-state index contributed by atoms with van der Waals surface area (Å²) in [6.45, 7) is 1.78. The van der Waals surface area contributed by atoms with E-state index in [0.29, 0.717) is 37.5 Å². The van der Waals surface area contributed by atoms with E-state index in [1.165, 1.54) is 0 Å². The van der Waals surface area contributed by atoms with Crippen molar-refractivity contribution in [3.63, 3.8) is 0 Å². The monoisotopic (exact) mass is 642 g/mol. The first-order chi connectivity index (χ1) is 21.8. The summed E-state index contributed by atoms with van der Waals surface area (Å²) < 4.78 is 7.24. The zero-order chi connectivity index (χ0) is 32.2. The normalized spacial score (nSPS) is 11.6. The highest BCUT2D eigenvalue weighted by atomic mass is 35.5. The largest absolute Gasteiger partial charge is 0.461 e. The van der Waals surface area contributed by atoms with Crippen LogP contribution in [0.3, 0.4) is 0 Å². The van der Waals surface area contributed by atoms with Gasteiger partial charge in [-0.2, -0.15) is 5.21 Å². The fourth-order valence-corrected chi connectivity index (χ4v) is 4.95. The molecule has 2 aromatic carbocycles. The number of H-pyrrole nitrogens is 1. The van der Waals surface area contributed by atoms with E-state index in [4.69, 9.17) is 16.3 Å². The zero-order valence-corrected chi connectivity index (χ0v) is 25.1. The Hall–Kier alpha value is -5.12. The van der Waals surface area contributed by atoms with Crippen LogP contribution in [0.4, 0.5) is 0 Å². The fraction of sp³-hybridized carbons (Fsp3) is 0.393. The number of ether oxygens (including phenoxy) is 1. The molecule has 17 heteroatoms. The third kappa shape index (κ3) is 9.18. The first-order valence-corrected chi connectivity index (χ1v) is 14.6. The van der Waals surface area contributed by atoms with Crippen molar-refractivity contribution in [2.75, 3.05) is 13.2 Å². The van der Waals surface area contributed by atoms with Gasteiger partial charge in [0.2, 0.25) is 5.82 Å². The molecule has 0 unspecified atom stereocenters. The molecule has 0 spiro atoms. The average Bonchev–Trinajstić information content (AvgIpc) is 3.66. The molecule has 2 aromatic heterocycles. The first-order valence-electron chi connectivity index (χ1n) is 14.2. The summed E-state index contributed by atoms with van der Waals surface area (Å²) in [6, 6.07) is 15.6. The number of hydrogen-bond donors (Lipinski definition) is 1. The molecular weight excluding hydrogens is 612 g/mol. The lowest BCUT2D eigenvalue weighted by Gasteiger charge is -2.14. The Bertz CT molecular complexity index is 1580. The second-order valence-corrected chi connectivity index (χ2v) is 10.3. The predicted octanol–water partition coefficient (Wildman–Crippen LogP) is 4.89. The number of halogens is 1. The standard InChI is InChI=1S/C28H31ClN8O8/c1-2-3-11-24-30-26(29)25(28(38)43-16-7-6-8-21(45-37(41)42)18-44-36(39)40)35(24)17-19-12-14-20(15-13-19)22-9-4-5-10-23(22)27-31-33-34-32-27/h4-5,9-10,12-15,21H,2-3,6-8,11,16-18H2,1H3,(H,31,32,33,34)/t21-/m0/s1. The molecule has 1 atom stereocenters. The van der Waals surface area contributed by atoms with E-state index in [-0.39, 0.29) is 23.9 Å². The van der Waals surface area contributed by atoms with E-state index >= 15 is 0 Å². The number of aryl methyl sites for hydroxylation is 1. The SMILES string of the molecule is CCCCc1nc(Cl)c(C(=O)OCCCC[C@@H](CO[N+](=O)[O-])O[N+](=O)[O-])n1Cc1ccc(-c2ccccc2-c2nn[nH]n2)cc1. The Morgan fingerprint density at radius 2 is 1.80 bits per heavy atom. The lowest BCUT2D eigenvalue weighted by atomic mass is 9.98. The lowest BCUT2D eigenvalue weighted by Crippen LogP contribution is -2.24. The van der Waals surface area contributed by atoms with Gasteiger partial charge in [-0.05, 0) is 47.6 Å². The summed E-state index contributed by atoms with van der Waals surface area (Å²) in [7, 11) is 0. The number of unbranched alkanes of at least 4 members (excludes halogenated alkanes) is 2. The minimum Gasteiger partial charge on any atom is -0.461 e. The third-order valence-corrected chi connectivity index (χ3v) is 7.09. The van der Waals surface area contributed by atoms with E-state index in [2.05, 4.69) is 42.2 Å². The van der Waals surface area contributed by atoms with E-state index in [9.17, 15) is 25.0 Å². The number of benzene rings is 2. The van der Waals surface area contributed by atoms with Crippen LogP contribution in [0.5, 0.6) is 0 Å². The Morgan fingerprint density at radius 3 is 2.47 bits per heavy atom. The van der Waals surface area contributed by atoms with Gasteiger partial charge in [-0.25, -0.2) is 9.78 Å². The summed E-state index contributed by atoms with van der Waals surface area (Å²) in [5, 5.41) is 33.3. The number of aromatic nitrogens is 6. The van der Waals surface area contributed by atoms with Gasteiger partial charge >= 0.3 is 5.97 Å². The molecule has 16 nitrogen and oxygen atoms in total. The van der Waals surface area contributed by atoms with Crippen LogP contribution in [0.1, 0.15) is 60.9 Å². The number of imidazole rings is 1. The molecular formula is C28H31ClN8O8. The molecule has 1 N–H and O–H groups in total. The summed E-state index contributed by atoms with van der Waals surface area (Å²) in [5.74, 6) is 0.488. The molecule has 4 rings (SSSR count). The maximum atomic E-state index is 13.2. The first kappa shape index (κ1) is 32.8. The fourth-order valence-electron chi connectivity index (χ4n) is 4.68. The van der Waals surface area contributed by atoms with E-state index in [1.807, 2.05) is 48.5 Å². The highest BCUT2D eigenvalue weighted by Crippen LogP contribution is 2.30. The van der Waals surface area contributed by atoms with Crippen molar-refractivity contribution in [2.24, 2.45) is 0 Å². The topological polar surface area (TPSA) is 203 Å². The molecule has 4 aromatic rings. The van der Waals surface area contributed by atoms with Crippen LogP contribution in [-0.4, -0.2) is 65.6 Å². The molecule has 2 heterocycles. The minimum absolute atomic E-state index is 0.0135. The van der Waals surface area contributed by atoms with Crippen LogP contribution in [-0.2, 0) is 27.4 Å². The van der Waals surface area contributed by atoms with Gasteiger partial charge in [-0.3, -0.25) is 0 Å². The van der Waals surface area contributed by atoms with Gasteiger partial charge in [0.25, 0.3) is 10.2 Å². The Morgan fingerprint density at radius 1 is 1.04 bits per heavy atom. The van der Waals surface area contributed by atoms with Gasteiger partial charge in [0, 0.05) is 18.5 Å². The number of nitrogens with one attached hydrogen (secondary N) is 1. The Kier molecular flexibility index (Phi) is 11.7. The van der Waals surface area contributed by atoms with Crippen molar-refractivity contribution in [1.29, 1.82) is 0 Å². The van der Waals surface area contributed by atoms with E-state index < -0.39 is 28.9 Å². The molecule has 45 heavy (non-hydrogen) atoms. The predicted molar refractivity (Wildman–Crippen MR) is 159 cm³/mol. The van der Waals surface area contributed by atoms with Crippen LogP contribution < -0.4 is 0 Å². The Labute approximate surface area is 261 Å². The maximum Gasteiger partial charge on any atom is 0.358 e.